The summed E-state index contributed by atoms with van der Waals surface area (Å²) in [4.78, 5) is 18.3. The number of piperazine rings is 1. The highest BCUT2D eigenvalue weighted by Gasteiger charge is 2.17. The number of carboxylic acid groups (broad SMARTS) is 1. The van der Waals surface area contributed by atoms with Crippen LogP contribution in [0.25, 0.3) is 0 Å². The minimum atomic E-state index is -0.966. The number of carboxylic acids is 1. The fourth-order valence-corrected chi connectivity index (χ4v) is 2.96. The third kappa shape index (κ3) is 5.77. The van der Waals surface area contributed by atoms with Crippen LogP contribution in [0.5, 0.6) is 0 Å². The molecule has 1 N–H and O–H groups in total. The van der Waals surface area contributed by atoms with E-state index in [2.05, 4.69) is 28.8 Å². The maximum Gasteiger partial charge on any atom is 0.337 e. The first kappa shape index (κ1) is 18.2. The highest BCUT2D eigenvalue weighted by Crippen LogP contribution is 2.18. The Bertz CT molecular complexity index is 529. The Kier molecular flexibility index (Phi) is 6.84. The lowest BCUT2D eigenvalue weighted by Crippen LogP contribution is -2.48. The number of hydrogen-bond acceptors (Lipinski definition) is 4. The van der Waals surface area contributed by atoms with Crippen LogP contribution in [-0.2, 0) is 6.42 Å². The van der Waals surface area contributed by atoms with Crippen LogP contribution in [0.15, 0.2) is 18.2 Å². The van der Waals surface area contributed by atoms with E-state index in [1.165, 1.54) is 0 Å². The molecule has 6 heteroatoms. The van der Waals surface area contributed by atoms with Gasteiger partial charge in [0.05, 0.1) is 10.6 Å². The maximum absolute atomic E-state index is 11.1. The van der Waals surface area contributed by atoms with E-state index >= 15 is 0 Å². The van der Waals surface area contributed by atoms with Gasteiger partial charge in [-0.1, -0.05) is 17.7 Å². The van der Waals surface area contributed by atoms with Gasteiger partial charge in [-0.25, -0.2) is 4.79 Å². The molecule has 0 spiro atoms. The van der Waals surface area contributed by atoms with Crippen molar-refractivity contribution in [3.05, 3.63) is 34.3 Å². The first-order chi connectivity index (χ1) is 11.0. The number of carbonyl (C=O) groups is 1. The second-order valence-electron chi connectivity index (χ2n) is 6.36. The van der Waals surface area contributed by atoms with Crippen LogP contribution in [0.1, 0.15) is 15.9 Å². The predicted molar refractivity (Wildman–Crippen MR) is 93.5 cm³/mol. The average Bonchev–Trinajstić information content (AvgIpc) is 2.52. The number of hydrogen-bond donors (Lipinski definition) is 1. The molecular weight excluding hydrogens is 314 g/mol. The van der Waals surface area contributed by atoms with Crippen LogP contribution in [0.2, 0.25) is 5.02 Å². The second kappa shape index (κ2) is 8.64. The zero-order chi connectivity index (χ0) is 16.8. The third-order valence-corrected chi connectivity index (χ3v) is 4.64. The standard InChI is InChI=1S/C17H26ClN3O2/c1-19(2)7-8-21-11-9-20(10-12-21)6-5-14-3-4-16(18)15(13-14)17(22)23/h3-4,13H,5-12H2,1-2H3,(H,22,23). The minimum absolute atomic E-state index is 0.192. The smallest absolute Gasteiger partial charge is 0.337 e. The van der Waals surface area contributed by atoms with E-state index in [9.17, 15) is 4.79 Å². The lowest BCUT2D eigenvalue weighted by atomic mass is 10.1. The largest absolute Gasteiger partial charge is 0.478 e. The van der Waals surface area contributed by atoms with Crippen LogP contribution in [0, 0.1) is 0 Å². The molecule has 23 heavy (non-hydrogen) atoms. The van der Waals surface area contributed by atoms with E-state index in [1.54, 1.807) is 12.1 Å². The van der Waals surface area contributed by atoms with Crippen molar-refractivity contribution in [2.75, 3.05) is 59.9 Å². The molecule has 1 fully saturated rings. The highest BCUT2D eigenvalue weighted by molar-refractivity contribution is 6.33. The third-order valence-electron chi connectivity index (χ3n) is 4.31. The number of likely N-dealkylation sites (N-methyl/N-ethyl adjacent to an activating group) is 1. The van der Waals surface area contributed by atoms with E-state index in [0.717, 1.165) is 57.8 Å². The molecule has 0 amide bonds. The van der Waals surface area contributed by atoms with Gasteiger partial charge in [0.15, 0.2) is 0 Å². The fraction of sp³-hybridized carbons (Fsp3) is 0.588. The topological polar surface area (TPSA) is 47.0 Å². The SMILES string of the molecule is CN(C)CCN1CCN(CCc2ccc(Cl)c(C(=O)O)c2)CC1. The van der Waals surface area contributed by atoms with E-state index in [-0.39, 0.29) is 5.56 Å². The van der Waals surface area contributed by atoms with Gasteiger partial charge < -0.3 is 14.9 Å². The van der Waals surface area contributed by atoms with Crippen LogP contribution >= 0.6 is 11.6 Å². The molecule has 1 aliphatic rings. The molecule has 5 nitrogen and oxygen atoms in total. The number of benzene rings is 1. The van der Waals surface area contributed by atoms with Gasteiger partial charge in [-0.05, 0) is 38.2 Å². The summed E-state index contributed by atoms with van der Waals surface area (Å²) >= 11 is 5.91. The van der Waals surface area contributed by atoms with Crippen molar-refractivity contribution in [1.29, 1.82) is 0 Å². The monoisotopic (exact) mass is 339 g/mol. The predicted octanol–water partition coefficient (Wildman–Crippen LogP) is 1.76. The lowest BCUT2D eigenvalue weighted by molar-refractivity contribution is 0.0697. The van der Waals surface area contributed by atoms with Crippen LogP contribution in [0.4, 0.5) is 0 Å². The summed E-state index contributed by atoms with van der Waals surface area (Å²) < 4.78 is 0. The summed E-state index contributed by atoms with van der Waals surface area (Å²) in [6, 6.07) is 5.29. The van der Waals surface area contributed by atoms with Gasteiger partial charge in [0, 0.05) is 45.8 Å². The van der Waals surface area contributed by atoms with Crippen molar-refractivity contribution in [3.8, 4) is 0 Å². The quantitative estimate of drug-likeness (QED) is 0.820. The molecule has 1 aromatic rings. The normalized spacial score (nSPS) is 16.9. The zero-order valence-corrected chi connectivity index (χ0v) is 14.7. The molecule has 0 radical (unpaired) electrons. The van der Waals surface area contributed by atoms with Gasteiger partial charge in [0.1, 0.15) is 0 Å². The molecule has 1 saturated heterocycles. The molecule has 0 saturated carbocycles. The average molecular weight is 340 g/mol. The van der Waals surface area contributed by atoms with Gasteiger partial charge in [0.2, 0.25) is 0 Å². The zero-order valence-electron chi connectivity index (χ0n) is 14.0. The molecule has 2 rings (SSSR count). The van der Waals surface area contributed by atoms with E-state index in [1.807, 2.05) is 6.07 Å². The van der Waals surface area contributed by atoms with E-state index in [4.69, 9.17) is 16.7 Å². The minimum Gasteiger partial charge on any atom is -0.478 e. The lowest BCUT2D eigenvalue weighted by Gasteiger charge is -2.35. The van der Waals surface area contributed by atoms with Crippen molar-refractivity contribution in [1.82, 2.24) is 14.7 Å². The highest BCUT2D eigenvalue weighted by atomic mass is 35.5. The Morgan fingerprint density at radius 3 is 2.35 bits per heavy atom. The molecule has 0 bridgehead atoms. The fourth-order valence-electron chi connectivity index (χ4n) is 2.76. The summed E-state index contributed by atoms with van der Waals surface area (Å²) in [7, 11) is 4.21. The Labute approximate surface area is 143 Å². The summed E-state index contributed by atoms with van der Waals surface area (Å²) in [6.07, 6.45) is 0.856. The molecule has 0 aromatic heterocycles. The molecule has 1 aromatic carbocycles. The van der Waals surface area contributed by atoms with Crippen molar-refractivity contribution in [2.24, 2.45) is 0 Å². The maximum atomic E-state index is 11.1. The summed E-state index contributed by atoms with van der Waals surface area (Å²) in [5, 5.41) is 9.42. The molecule has 1 heterocycles. The van der Waals surface area contributed by atoms with Gasteiger partial charge in [-0.15, -0.1) is 0 Å². The number of aromatic carboxylic acids is 1. The molecule has 0 atom stereocenters. The van der Waals surface area contributed by atoms with Crippen molar-refractivity contribution < 1.29 is 9.90 Å². The van der Waals surface area contributed by atoms with Crippen LogP contribution < -0.4 is 0 Å². The molecular formula is C17H26ClN3O2. The van der Waals surface area contributed by atoms with Crippen molar-refractivity contribution in [3.63, 3.8) is 0 Å². The summed E-state index contributed by atoms with van der Waals surface area (Å²) in [5.41, 5.74) is 1.22. The second-order valence-corrected chi connectivity index (χ2v) is 6.76. The summed E-state index contributed by atoms with van der Waals surface area (Å²) in [5.74, 6) is -0.966. The molecule has 0 aliphatic carbocycles. The van der Waals surface area contributed by atoms with E-state index < -0.39 is 5.97 Å². The number of rotatable bonds is 7. The Morgan fingerprint density at radius 1 is 1.17 bits per heavy atom. The van der Waals surface area contributed by atoms with Gasteiger partial charge in [0.25, 0.3) is 0 Å². The molecule has 0 unspecified atom stereocenters. The van der Waals surface area contributed by atoms with Crippen molar-refractivity contribution >= 4 is 17.6 Å². The Balaban J connectivity index is 1.77. The first-order valence-electron chi connectivity index (χ1n) is 8.07. The van der Waals surface area contributed by atoms with Gasteiger partial charge in [-0.3, -0.25) is 4.90 Å². The summed E-state index contributed by atoms with van der Waals surface area (Å²) in [6.45, 7) is 7.55. The van der Waals surface area contributed by atoms with Crippen molar-refractivity contribution in [2.45, 2.75) is 6.42 Å². The Morgan fingerprint density at radius 2 is 1.78 bits per heavy atom. The molecule has 1 aliphatic heterocycles. The van der Waals surface area contributed by atoms with Crippen LogP contribution in [0.3, 0.4) is 0 Å². The Hall–Kier alpha value is -1.14. The van der Waals surface area contributed by atoms with Crippen LogP contribution in [-0.4, -0.2) is 85.7 Å². The first-order valence-corrected chi connectivity index (χ1v) is 8.44. The van der Waals surface area contributed by atoms with Gasteiger partial charge >= 0.3 is 5.97 Å². The number of nitrogens with zero attached hydrogens (tertiary/aromatic N) is 3. The van der Waals surface area contributed by atoms with E-state index in [0.29, 0.717) is 5.02 Å². The number of halogens is 1. The van der Waals surface area contributed by atoms with Gasteiger partial charge in [-0.2, -0.15) is 0 Å². The molecule has 128 valence electrons.